The molecule has 0 aliphatic heterocycles. The van der Waals surface area contributed by atoms with Gasteiger partial charge in [-0.15, -0.1) is 12.3 Å². The molecule has 0 amide bonds. The zero-order chi connectivity index (χ0) is 10.4. The monoisotopic (exact) mass is 189 g/mol. The van der Waals surface area contributed by atoms with Crippen molar-refractivity contribution in [1.29, 1.82) is 0 Å². The second kappa shape index (κ2) is 5.23. The van der Waals surface area contributed by atoms with Crippen LogP contribution in [0.2, 0.25) is 0 Å². The fourth-order valence-corrected chi connectivity index (χ4v) is 1.05. The Morgan fingerprint density at radius 1 is 1.50 bits per heavy atom. The van der Waals surface area contributed by atoms with Gasteiger partial charge in [0.05, 0.1) is 0 Å². The zero-order valence-corrected chi connectivity index (χ0v) is 8.62. The SMILES string of the molecule is C#CCCNc1cc(C(C)C)ncn1. The predicted octanol–water partition coefficient (Wildman–Crippen LogP) is 2.04. The van der Waals surface area contributed by atoms with Crippen LogP contribution in [-0.4, -0.2) is 16.5 Å². The van der Waals surface area contributed by atoms with E-state index >= 15 is 0 Å². The van der Waals surface area contributed by atoms with Crippen LogP contribution in [0.4, 0.5) is 5.82 Å². The topological polar surface area (TPSA) is 37.8 Å². The van der Waals surface area contributed by atoms with E-state index in [4.69, 9.17) is 6.42 Å². The smallest absolute Gasteiger partial charge is 0.129 e. The van der Waals surface area contributed by atoms with E-state index in [1.807, 2.05) is 6.07 Å². The Morgan fingerprint density at radius 2 is 2.29 bits per heavy atom. The van der Waals surface area contributed by atoms with Crippen LogP contribution in [0.3, 0.4) is 0 Å². The highest BCUT2D eigenvalue weighted by Crippen LogP contribution is 2.13. The van der Waals surface area contributed by atoms with Crippen LogP contribution in [0.15, 0.2) is 12.4 Å². The molecule has 0 aliphatic rings. The van der Waals surface area contributed by atoms with Crippen molar-refractivity contribution in [1.82, 2.24) is 9.97 Å². The lowest BCUT2D eigenvalue weighted by Crippen LogP contribution is -2.04. The number of hydrogen-bond donors (Lipinski definition) is 1. The number of terminal acetylenes is 1. The van der Waals surface area contributed by atoms with Gasteiger partial charge in [0.15, 0.2) is 0 Å². The van der Waals surface area contributed by atoms with E-state index in [9.17, 15) is 0 Å². The number of rotatable bonds is 4. The molecule has 3 heteroatoms. The Hall–Kier alpha value is -1.56. The Balaban J connectivity index is 2.60. The Labute approximate surface area is 85.0 Å². The average molecular weight is 189 g/mol. The molecule has 0 spiro atoms. The molecule has 0 saturated carbocycles. The van der Waals surface area contributed by atoms with Gasteiger partial charge in [0.25, 0.3) is 0 Å². The second-order valence-electron chi connectivity index (χ2n) is 3.36. The van der Waals surface area contributed by atoms with Gasteiger partial charge in [0.2, 0.25) is 0 Å². The molecule has 1 aromatic rings. The highest BCUT2D eigenvalue weighted by Gasteiger charge is 2.01. The van der Waals surface area contributed by atoms with Crippen molar-refractivity contribution in [2.45, 2.75) is 26.2 Å². The van der Waals surface area contributed by atoms with Crippen LogP contribution in [0.5, 0.6) is 0 Å². The van der Waals surface area contributed by atoms with Gasteiger partial charge in [-0.25, -0.2) is 9.97 Å². The standard InChI is InChI=1S/C11H15N3/c1-4-5-6-12-11-7-10(9(2)3)13-8-14-11/h1,7-9H,5-6H2,2-3H3,(H,12,13,14). The maximum Gasteiger partial charge on any atom is 0.129 e. The lowest BCUT2D eigenvalue weighted by molar-refractivity contribution is 0.814. The third-order valence-electron chi connectivity index (χ3n) is 1.86. The molecule has 1 aromatic heterocycles. The van der Waals surface area contributed by atoms with Crippen LogP contribution in [0.25, 0.3) is 0 Å². The largest absolute Gasteiger partial charge is 0.369 e. The van der Waals surface area contributed by atoms with Gasteiger partial charge in [-0.2, -0.15) is 0 Å². The van der Waals surface area contributed by atoms with E-state index in [0.717, 1.165) is 18.1 Å². The molecule has 0 bridgehead atoms. The van der Waals surface area contributed by atoms with Gasteiger partial charge in [-0.3, -0.25) is 0 Å². The van der Waals surface area contributed by atoms with Crippen molar-refractivity contribution >= 4 is 5.82 Å². The van der Waals surface area contributed by atoms with Crippen LogP contribution >= 0.6 is 0 Å². The number of aromatic nitrogens is 2. The summed E-state index contributed by atoms with van der Waals surface area (Å²) in [5.74, 6) is 3.84. The van der Waals surface area contributed by atoms with E-state index in [0.29, 0.717) is 12.3 Å². The fraction of sp³-hybridized carbons (Fsp3) is 0.455. The highest BCUT2D eigenvalue weighted by atomic mass is 15.0. The van der Waals surface area contributed by atoms with Crippen molar-refractivity contribution in [3.63, 3.8) is 0 Å². The molecule has 0 aliphatic carbocycles. The van der Waals surface area contributed by atoms with Gasteiger partial charge in [0, 0.05) is 24.7 Å². The molecule has 0 atom stereocenters. The fourth-order valence-electron chi connectivity index (χ4n) is 1.05. The van der Waals surface area contributed by atoms with Crippen molar-refractivity contribution in [2.75, 3.05) is 11.9 Å². The summed E-state index contributed by atoms with van der Waals surface area (Å²) in [4.78, 5) is 8.28. The summed E-state index contributed by atoms with van der Waals surface area (Å²) in [6.45, 7) is 4.96. The Kier molecular flexibility index (Phi) is 3.93. The van der Waals surface area contributed by atoms with E-state index in [1.54, 1.807) is 6.33 Å². The van der Waals surface area contributed by atoms with Gasteiger partial charge in [-0.1, -0.05) is 13.8 Å². The minimum atomic E-state index is 0.422. The minimum absolute atomic E-state index is 0.422. The Morgan fingerprint density at radius 3 is 2.93 bits per heavy atom. The average Bonchev–Trinajstić information content (AvgIpc) is 2.19. The lowest BCUT2D eigenvalue weighted by Gasteiger charge is -2.07. The summed E-state index contributed by atoms with van der Waals surface area (Å²) < 4.78 is 0. The summed E-state index contributed by atoms with van der Waals surface area (Å²) in [6.07, 6.45) is 7.43. The van der Waals surface area contributed by atoms with Crippen LogP contribution in [-0.2, 0) is 0 Å². The van der Waals surface area contributed by atoms with Gasteiger partial charge in [-0.05, 0) is 5.92 Å². The molecule has 1 N–H and O–H groups in total. The van der Waals surface area contributed by atoms with E-state index < -0.39 is 0 Å². The van der Waals surface area contributed by atoms with Gasteiger partial charge in [0.1, 0.15) is 12.1 Å². The Bertz CT molecular complexity index is 326. The number of anilines is 1. The van der Waals surface area contributed by atoms with Crippen LogP contribution in [0.1, 0.15) is 31.9 Å². The summed E-state index contributed by atoms with van der Waals surface area (Å²) in [6, 6.07) is 1.96. The normalized spacial score (nSPS) is 9.86. The highest BCUT2D eigenvalue weighted by molar-refractivity contribution is 5.35. The van der Waals surface area contributed by atoms with Gasteiger partial charge >= 0.3 is 0 Å². The summed E-state index contributed by atoms with van der Waals surface area (Å²) in [5, 5.41) is 3.15. The molecule has 74 valence electrons. The summed E-state index contributed by atoms with van der Waals surface area (Å²) >= 11 is 0. The quantitative estimate of drug-likeness (QED) is 0.581. The molecule has 1 rings (SSSR count). The maximum absolute atomic E-state index is 5.15. The molecule has 0 radical (unpaired) electrons. The number of nitrogens with zero attached hydrogens (tertiary/aromatic N) is 2. The molecule has 0 saturated heterocycles. The third-order valence-corrected chi connectivity index (χ3v) is 1.86. The molecule has 3 nitrogen and oxygen atoms in total. The molecule has 14 heavy (non-hydrogen) atoms. The first-order valence-electron chi connectivity index (χ1n) is 4.73. The lowest BCUT2D eigenvalue weighted by atomic mass is 10.1. The molecule has 1 heterocycles. The van der Waals surface area contributed by atoms with E-state index in [2.05, 4.69) is 35.1 Å². The second-order valence-corrected chi connectivity index (χ2v) is 3.36. The molecule has 0 fully saturated rings. The minimum Gasteiger partial charge on any atom is -0.369 e. The number of hydrogen-bond acceptors (Lipinski definition) is 3. The molecule has 0 unspecified atom stereocenters. The van der Waals surface area contributed by atoms with E-state index in [-0.39, 0.29) is 0 Å². The summed E-state index contributed by atoms with van der Waals surface area (Å²) in [7, 11) is 0. The first-order valence-corrected chi connectivity index (χ1v) is 4.73. The zero-order valence-electron chi connectivity index (χ0n) is 8.62. The van der Waals surface area contributed by atoms with Crippen molar-refractivity contribution < 1.29 is 0 Å². The number of nitrogens with one attached hydrogen (secondary N) is 1. The molecular weight excluding hydrogens is 174 g/mol. The summed E-state index contributed by atoms with van der Waals surface area (Å²) in [5.41, 5.74) is 1.04. The van der Waals surface area contributed by atoms with E-state index in [1.165, 1.54) is 0 Å². The van der Waals surface area contributed by atoms with Crippen molar-refractivity contribution in [3.05, 3.63) is 18.1 Å². The van der Waals surface area contributed by atoms with Crippen LogP contribution in [0, 0.1) is 12.3 Å². The van der Waals surface area contributed by atoms with Crippen molar-refractivity contribution in [2.24, 2.45) is 0 Å². The van der Waals surface area contributed by atoms with Crippen molar-refractivity contribution in [3.8, 4) is 12.3 Å². The first-order chi connectivity index (χ1) is 6.74. The molecule has 0 aromatic carbocycles. The van der Waals surface area contributed by atoms with Gasteiger partial charge < -0.3 is 5.32 Å². The maximum atomic E-state index is 5.15. The first kappa shape index (κ1) is 10.5. The van der Waals surface area contributed by atoms with Crippen LogP contribution < -0.4 is 5.32 Å². The molecular formula is C11H15N3. The third kappa shape index (κ3) is 3.06. The predicted molar refractivity (Wildman–Crippen MR) is 58.1 cm³/mol.